The molecule has 1 aromatic heterocycles. The second-order valence-corrected chi connectivity index (χ2v) is 7.71. The van der Waals surface area contributed by atoms with E-state index in [1.165, 1.54) is 16.6 Å². The molecule has 102 valence electrons. The number of rotatable bonds is 4. The monoisotopic (exact) mass is 270 g/mol. The highest BCUT2D eigenvalue weighted by Crippen LogP contribution is 2.27. The summed E-state index contributed by atoms with van der Waals surface area (Å²) in [7, 11) is -1.87. The first-order valence-electron chi connectivity index (χ1n) is 6.03. The van der Waals surface area contributed by atoms with Gasteiger partial charge >= 0.3 is 0 Å². The maximum atomic E-state index is 12.3. The molecular weight excluding hydrogens is 248 g/mol. The van der Waals surface area contributed by atoms with E-state index in [9.17, 15) is 8.42 Å². The van der Waals surface area contributed by atoms with Crippen molar-refractivity contribution in [1.82, 2.24) is 9.29 Å². The number of aromatic nitrogens is 1. The van der Waals surface area contributed by atoms with Crippen LogP contribution in [-0.2, 0) is 10.0 Å². The summed E-state index contributed by atoms with van der Waals surface area (Å²) in [6.07, 6.45) is 1.49. The Bertz CT molecular complexity index is 477. The van der Waals surface area contributed by atoms with Gasteiger partial charge in [-0.3, -0.25) is 0 Å². The fourth-order valence-electron chi connectivity index (χ4n) is 1.42. The van der Waals surface area contributed by atoms with E-state index in [0.717, 1.165) is 0 Å². The standard InChI is InChI=1S/C13H22N2O2S/c1-11(13(2,3)4)10-15(5)18(16,17)12-8-6-7-9-14-12/h6-9,11H,10H2,1-5H3/t11-/m1/s1. The zero-order chi connectivity index (χ0) is 14.0. The molecule has 0 aliphatic heterocycles. The summed E-state index contributed by atoms with van der Waals surface area (Å²) < 4.78 is 25.9. The third-order valence-corrected chi connectivity index (χ3v) is 5.06. The minimum absolute atomic E-state index is 0.0773. The van der Waals surface area contributed by atoms with Gasteiger partial charge in [0.05, 0.1) is 0 Å². The van der Waals surface area contributed by atoms with Gasteiger partial charge in [0.1, 0.15) is 0 Å². The molecule has 0 aromatic carbocycles. The molecule has 4 nitrogen and oxygen atoms in total. The van der Waals surface area contributed by atoms with Crippen LogP contribution in [0.1, 0.15) is 27.7 Å². The van der Waals surface area contributed by atoms with E-state index in [4.69, 9.17) is 0 Å². The molecule has 0 saturated heterocycles. The highest BCUT2D eigenvalue weighted by atomic mass is 32.2. The summed E-state index contributed by atoms with van der Waals surface area (Å²) in [5.41, 5.74) is 0.0773. The van der Waals surface area contributed by atoms with Crippen LogP contribution in [-0.4, -0.2) is 31.3 Å². The number of nitrogens with zero attached hydrogens (tertiary/aromatic N) is 2. The fourth-order valence-corrected chi connectivity index (χ4v) is 2.60. The predicted molar refractivity (Wildman–Crippen MR) is 72.7 cm³/mol. The molecule has 0 aliphatic rings. The molecule has 0 fully saturated rings. The molecule has 0 amide bonds. The van der Waals surface area contributed by atoms with E-state index >= 15 is 0 Å². The van der Waals surface area contributed by atoms with Crippen LogP contribution in [0.2, 0.25) is 0 Å². The first-order valence-corrected chi connectivity index (χ1v) is 7.47. The fraction of sp³-hybridized carbons (Fsp3) is 0.615. The summed E-state index contributed by atoms with van der Waals surface area (Å²) in [6, 6.07) is 4.91. The van der Waals surface area contributed by atoms with Crippen LogP contribution in [0.4, 0.5) is 0 Å². The van der Waals surface area contributed by atoms with Gasteiger partial charge in [-0.1, -0.05) is 33.8 Å². The van der Waals surface area contributed by atoms with Crippen LogP contribution < -0.4 is 0 Å². The first-order chi connectivity index (χ1) is 8.15. The van der Waals surface area contributed by atoms with Gasteiger partial charge in [0.25, 0.3) is 10.0 Å². The molecule has 18 heavy (non-hydrogen) atoms. The largest absolute Gasteiger partial charge is 0.260 e. The van der Waals surface area contributed by atoms with Crippen molar-refractivity contribution in [2.45, 2.75) is 32.7 Å². The molecular formula is C13H22N2O2S. The molecule has 1 atom stereocenters. The summed E-state index contributed by atoms with van der Waals surface area (Å²) in [5.74, 6) is 0.265. The summed E-state index contributed by atoms with van der Waals surface area (Å²) in [4.78, 5) is 3.91. The highest BCUT2D eigenvalue weighted by Gasteiger charge is 2.27. The molecule has 0 N–H and O–H groups in total. The summed E-state index contributed by atoms with van der Waals surface area (Å²) >= 11 is 0. The third-order valence-electron chi connectivity index (χ3n) is 3.32. The Labute approximate surface area is 110 Å². The van der Waals surface area contributed by atoms with E-state index in [2.05, 4.69) is 32.7 Å². The summed E-state index contributed by atoms with van der Waals surface area (Å²) in [6.45, 7) is 8.88. The lowest BCUT2D eigenvalue weighted by Crippen LogP contribution is -2.35. The summed E-state index contributed by atoms with van der Waals surface area (Å²) in [5, 5.41) is 0.105. The minimum Gasteiger partial charge on any atom is -0.243 e. The van der Waals surface area contributed by atoms with Crippen LogP contribution in [0.5, 0.6) is 0 Å². The molecule has 1 aromatic rings. The number of hydrogen-bond acceptors (Lipinski definition) is 3. The Kier molecular flexibility index (Phi) is 4.50. The van der Waals surface area contributed by atoms with E-state index in [1.54, 1.807) is 19.2 Å². The lowest BCUT2D eigenvalue weighted by molar-refractivity contribution is 0.226. The Morgan fingerprint density at radius 1 is 1.33 bits per heavy atom. The van der Waals surface area contributed by atoms with E-state index in [-0.39, 0.29) is 16.4 Å². The number of hydrogen-bond donors (Lipinski definition) is 0. The third kappa shape index (κ3) is 3.53. The molecule has 1 heterocycles. The average molecular weight is 270 g/mol. The Balaban J connectivity index is 2.88. The van der Waals surface area contributed by atoms with Crippen LogP contribution >= 0.6 is 0 Å². The normalized spacial score (nSPS) is 14.8. The molecule has 5 heteroatoms. The minimum atomic E-state index is -3.47. The van der Waals surface area contributed by atoms with Gasteiger partial charge in [-0.15, -0.1) is 0 Å². The van der Waals surface area contributed by atoms with E-state index in [0.29, 0.717) is 6.54 Å². The second-order valence-electron chi connectivity index (χ2n) is 5.72. The van der Waals surface area contributed by atoms with E-state index < -0.39 is 10.0 Å². The van der Waals surface area contributed by atoms with Crippen molar-refractivity contribution in [3.05, 3.63) is 24.4 Å². The molecule has 1 rings (SSSR count). The quantitative estimate of drug-likeness (QED) is 0.844. The van der Waals surface area contributed by atoms with Crippen molar-refractivity contribution in [2.24, 2.45) is 11.3 Å². The highest BCUT2D eigenvalue weighted by molar-refractivity contribution is 7.89. The Morgan fingerprint density at radius 2 is 1.94 bits per heavy atom. The molecule has 0 aliphatic carbocycles. The first kappa shape index (κ1) is 15.1. The maximum absolute atomic E-state index is 12.3. The molecule has 0 saturated carbocycles. The van der Waals surface area contributed by atoms with Gasteiger partial charge in [-0.25, -0.2) is 13.4 Å². The number of sulfonamides is 1. The predicted octanol–water partition coefficient (Wildman–Crippen LogP) is 2.38. The molecule has 0 bridgehead atoms. The van der Waals surface area contributed by atoms with Crippen molar-refractivity contribution in [1.29, 1.82) is 0 Å². The average Bonchev–Trinajstić information content (AvgIpc) is 2.28. The van der Waals surface area contributed by atoms with Crippen LogP contribution in [0.3, 0.4) is 0 Å². The Morgan fingerprint density at radius 3 is 2.39 bits per heavy atom. The smallest absolute Gasteiger partial charge is 0.243 e. The second kappa shape index (κ2) is 5.36. The van der Waals surface area contributed by atoms with Crippen molar-refractivity contribution >= 4 is 10.0 Å². The van der Waals surface area contributed by atoms with E-state index in [1.807, 2.05) is 0 Å². The zero-order valence-electron chi connectivity index (χ0n) is 11.7. The van der Waals surface area contributed by atoms with Crippen molar-refractivity contribution in [3.63, 3.8) is 0 Å². The van der Waals surface area contributed by atoms with Crippen LogP contribution in [0.25, 0.3) is 0 Å². The molecule has 0 spiro atoms. The Hall–Kier alpha value is -0.940. The topological polar surface area (TPSA) is 50.3 Å². The van der Waals surface area contributed by atoms with Gasteiger partial charge in [0.15, 0.2) is 5.03 Å². The van der Waals surface area contributed by atoms with Crippen molar-refractivity contribution in [2.75, 3.05) is 13.6 Å². The maximum Gasteiger partial charge on any atom is 0.260 e. The van der Waals surface area contributed by atoms with Gasteiger partial charge in [-0.2, -0.15) is 4.31 Å². The van der Waals surface area contributed by atoms with Crippen molar-refractivity contribution in [3.8, 4) is 0 Å². The molecule has 0 unspecified atom stereocenters. The SMILES string of the molecule is C[C@H](CN(C)S(=O)(=O)c1ccccn1)C(C)(C)C. The van der Waals surface area contributed by atoms with Crippen LogP contribution in [0.15, 0.2) is 29.4 Å². The lowest BCUT2D eigenvalue weighted by atomic mass is 9.82. The van der Waals surface area contributed by atoms with Crippen molar-refractivity contribution < 1.29 is 8.42 Å². The van der Waals surface area contributed by atoms with Gasteiger partial charge in [0.2, 0.25) is 0 Å². The zero-order valence-corrected chi connectivity index (χ0v) is 12.5. The lowest BCUT2D eigenvalue weighted by Gasteiger charge is -2.30. The van der Waals surface area contributed by atoms with Gasteiger partial charge < -0.3 is 0 Å². The van der Waals surface area contributed by atoms with Crippen LogP contribution in [0, 0.1) is 11.3 Å². The van der Waals surface area contributed by atoms with Gasteiger partial charge in [0, 0.05) is 19.8 Å². The van der Waals surface area contributed by atoms with Gasteiger partial charge in [-0.05, 0) is 23.5 Å². The number of pyridine rings is 1. The molecule has 0 radical (unpaired) electrons.